The molecule has 4 nitrogen and oxygen atoms in total. The fourth-order valence-electron chi connectivity index (χ4n) is 1.76. The van der Waals surface area contributed by atoms with Gasteiger partial charge in [-0.15, -0.1) is 0 Å². The van der Waals surface area contributed by atoms with Crippen molar-refractivity contribution in [3.05, 3.63) is 0 Å². The van der Waals surface area contributed by atoms with Gasteiger partial charge in [0.25, 0.3) is 0 Å². The van der Waals surface area contributed by atoms with Gasteiger partial charge in [0.05, 0.1) is 6.04 Å². The molecule has 1 amide bonds. The van der Waals surface area contributed by atoms with Gasteiger partial charge < -0.3 is 15.0 Å². The zero-order chi connectivity index (χ0) is 12.3. The molecule has 2 unspecified atom stereocenters. The number of amides is 1. The van der Waals surface area contributed by atoms with Crippen molar-refractivity contribution in [2.45, 2.75) is 45.5 Å². The standard InChI is InChI=1S/C11H21FN2O2/c1-5-14(9-7-13-6-8(9)12)10(15)16-11(2,3)4/h8-9,13H,5-7H2,1-4H3. The highest BCUT2D eigenvalue weighted by Gasteiger charge is 2.35. The summed E-state index contributed by atoms with van der Waals surface area (Å²) in [7, 11) is 0. The zero-order valence-electron chi connectivity index (χ0n) is 10.4. The summed E-state index contributed by atoms with van der Waals surface area (Å²) in [5, 5.41) is 2.93. The van der Waals surface area contributed by atoms with Gasteiger partial charge in [-0.05, 0) is 27.7 Å². The monoisotopic (exact) mass is 232 g/mol. The molecule has 1 N–H and O–H groups in total. The van der Waals surface area contributed by atoms with E-state index in [9.17, 15) is 9.18 Å². The van der Waals surface area contributed by atoms with Gasteiger partial charge in [-0.1, -0.05) is 0 Å². The molecule has 0 radical (unpaired) electrons. The van der Waals surface area contributed by atoms with Crippen molar-refractivity contribution in [2.24, 2.45) is 0 Å². The molecular weight excluding hydrogens is 211 g/mol. The predicted octanol–water partition coefficient (Wildman–Crippen LogP) is 1.55. The van der Waals surface area contributed by atoms with Crippen LogP contribution in [0.25, 0.3) is 0 Å². The largest absolute Gasteiger partial charge is 0.444 e. The Bertz CT molecular complexity index is 253. The van der Waals surface area contributed by atoms with Gasteiger partial charge in [-0.25, -0.2) is 9.18 Å². The van der Waals surface area contributed by atoms with Crippen LogP contribution in [0.4, 0.5) is 9.18 Å². The highest BCUT2D eigenvalue weighted by molar-refractivity contribution is 5.68. The second-order valence-corrected chi connectivity index (χ2v) is 5.01. The van der Waals surface area contributed by atoms with Crippen molar-refractivity contribution in [2.75, 3.05) is 19.6 Å². The number of carbonyl (C=O) groups excluding carboxylic acids is 1. The van der Waals surface area contributed by atoms with Crippen LogP contribution in [0.5, 0.6) is 0 Å². The Morgan fingerprint density at radius 2 is 2.12 bits per heavy atom. The molecule has 16 heavy (non-hydrogen) atoms. The molecule has 2 atom stereocenters. The minimum Gasteiger partial charge on any atom is -0.444 e. The first-order valence-corrected chi connectivity index (χ1v) is 5.69. The Morgan fingerprint density at radius 3 is 2.50 bits per heavy atom. The summed E-state index contributed by atoms with van der Waals surface area (Å²) in [6.45, 7) is 8.50. The van der Waals surface area contributed by atoms with E-state index in [1.54, 1.807) is 20.8 Å². The summed E-state index contributed by atoms with van der Waals surface area (Å²) in [5.41, 5.74) is -0.539. The van der Waals surface area contributed by atoms with Crippen LogP contribution in [0.2, 0.25) is 0 Å². The summed E-state index contributed by atoms with van der Waals surface area (Å²) < 4.78 is 18.8. The van der Waals surface area contributed by atoms with E-state index >= 15 is 0 Å². The Kier molecular flexibility index (Phi) is 4.13. The summed E-state index contributed by atoms with van der Waals surface area (Å²) in [4.78, 5) is 13.3. The van der Waals surface area contributed by atoms with Crippen LogP contribution in [-0.4, -0.2) is 48.4 Å². The van der Waals surface area contributed by atoms with Gasteiger partial charge in [-0.2, -0.15) is 0 Å². The van der Waals surface area contributed by atoms with Crippen molar-refractivity contribution in [3.63, 3.8) is 0 Å². The van der Waals surface area contributed by atoms with Crippen LogP contribution in [0.15, 0.2) is 0 Å². The normalized spacial score (nSPS) is 25.6. The first-order chi connectivity index (χ1) is 7.35. The van der Waals surface area contributed by atoms with Gasteiger partial charge in [-0.3, -0.25) is 0 Å². The van der Waals surface area contributed by atoms with Crippen LogP contribution >= 0.6 is 0 Å². The van der Waals surface area contributed by atoms with Crippen molar-refractivity contribution >= 4 is 6.09 Å². The fraction of sp³-hybridized carbons (Fsp3) is 0.909. The van der Waals surface area contributed by atoms with E-state index in [1.165, 1.54) is 4.90 Å². The van der Waals surface area contributed by atoms with Gasteiger partial charge >= 0.3 is 6.09 Å². The van der Waals surface area contributed by atoms with Gasteiger partial charge in [0.1, 0.15) is 11.8 Å². The SMILES string of the molecule is CCN(C(=O)OC(C)(C)C)C1CNCC1F. The molecule has 94 valence electrons. The Morgan fingerprint density at radius 1 is 1.50 bits per heavy atom. The second-order valence-electron chi connectivity index (χ2n) is 5.01. The second kappa shape index (κ2) is 4.99. The molecule has 1 aliphatic rings. The van der Waals surface area contributed by atoms with Gasteiger partial charge in [0.2, 0.25) is 0 Å². The Labute approximate surface area is 96.1 Å². The van der Waals surface area contributed by atoms with Crippen LogP contribution in [-0.2, 0) is 4.74 Å². The van der Waals surface area contributed by atoms with E-state index in [0.717, 1.165) is 0 Å². The van der Waals surface area contributed by atoms with E-state index < -0.39 is 23.9 Å². The third kappa shape index (κ3) is 3.33. The summed E-state index contributed by atoms with van der Waals surface area (Å²) in [6.07, 6.45) is -1.45. The fourth-order valence-corrected chi connectivity index (χ4v) is 1.76. The molecule has 0 aromatic carbocycles. The van der Waals surface area contributed by atoms with Gasteiger partial charge in [0.15, 0.2) is 0 Å². The molecule has 0 saturated carbocycles. The predicted molar refractivity (Wildman–Crippen MR) is 60.2 cm³/mol. The lowest BCUT2D eigenvalue weighted by atomic mass is 10.2. The maximum Gasteiger partial charge on any atom is 0.410 e. The lowest BCUT2D eigenvalue weighted by Gasteiger charge is -2.31. The Hall–Kier alpha value is -0.840. The van der Waals surface area contributed by atoms with Crippen LogP contribution in [0.1, 0.15) is 27.7 Å². The first kappa shape index (κ1) is 13.2. The molecule has 0 bridgehead atoms. The van der Waals surface area contributed by atoms with E-state index in [0.29, 0.717) is 19.6 Å². The molecule has 1 aliphatic heterocycles. The van der Waals surface area contributed by atoms with Crippen molar-refractivity contribution in [3.8, 4) is 0 Å². The minimum absolute atomic E-state index is 0.309. The average Bonchev–Trinajstić information content (AvgIpc) is 2.50. The summed E-state index contributed by atoms with van der Waals surface area (Å²) in [5.74, 6) is 0. The molecule has 0 spiro atoms. The van der Waals surface area contributed by atoms with Crippen LogP contribution < -0.4 is 5.32 Å². The van der Waals surface area contributed by atoms with E-state index in [4.69, 9.17) is 4.74 Å². The molecule has 1 heterocycles. The molecule has 1 fully saturated rings. The molecule has 1 rings (SSSR count). The average molecular weight is 232 g/mol. The van der Waals surface area contributed by atoms with E-state index in [2.05, 4.69) is 5.32 Å². The topological polar surface area (TPSA) is 41.6 Å². The van der Waals surface area contributed by atoms with Crippen molar-refractivity contribution in [1.29, 1.82) is 0 Å². The lowest BCUT2D eigenvalue weighted by molar-refractivity contribution is 0.0129. The number of nitrogens with one attached hydrogen (secondary N) is 1. The van der Waals surface area contributed by atoms with Gasteiger partial charge in [0, 0.05) is 19.6 Å². The maximum absolute atomic E-state index is 13.5. The van der Waals surface area contributed by atoms with E-state index in [1.807, 2.05) is 6.92 Å². The third-order valence-electron chi connectivity index (χ3n) is 2.48. The highest BCUT2D eigenvalue weighted by Crippen LogP contribution is 2.16. The molecular formula is C11H21FN2O2. The highest BCUT2D eigenvalue weighted by atomic mass is 19.1. The smallest absolute Gasteiger partial charge is 0.410 e. The van der Waals surface area contributed by atoms with Crippen molar-refractivity contribution < 1.29 is 13.9 Å². The van der Waals surface area contributed by atoms with E-state index in [-0.39, 0.29) is 0 Å². The summed E-state index contributed by atoms with van der Waals surface area (Å²) >= 11 is 0. The number of nitrogens with zero attached hydrogens (tertiary/aromatic N) is 1. The Balaban J connectivity index is 2.63. The number of ether oxygens (including phenoxy) is 1. The minimum atomic E-state index is -1.01. The number of likely N-dealkylation sites (N-methyl/N-ethyl adjacent to an activating group) is 1. The molecule has 0 aromatic rings. The molecule has 0 aromatic heterocycles. The number of carbonyl (C=O) groups is 1. The van der Waals surface area contributed by atoms with Crippen LogP contribution in [0, 0.1) is 0 Å². The number of rotatable bonds is 2. The third-order valence-corrected chi connectivity index (χ3v) is 2.48. The quantitative estimate of drug-likeness (QED) is 0.785. The molecule has 1 saturated heterocycles. The molecule has 5 heteroatoms. The number of alkyl halides is 1. The lowest BCUT2D eigenvalue weighted by Crippen LogP contribution is -2.47. The summed E-state index contributed by atoms with van der Waals surface area (Å²) in [6, 6.07) is -0.403. The van der Waals surface area contributed by atoms with Crippen LogP contribution in [0.3, 0.4) is 0 Å². The zero-order valence-corrected chi connectivity index (χ0v) is 10.4. The number of hydrogen-bond acceptors (Lipinski definition) is 3. The maximum atomic E-state index is 13.5. The number of hydrogen-bond donors (Lipinski definition) is 1. The first-order valence-electron chi connectivity index (χ1n) is 5.69. The molecule has 0 aliphatic carbocycles. The van der Waals surface area contributed by atoms with Crippen molar-refractivity contribution in [1.82, 2.24) is 10.2 Å². The number of halogens is 1.